The van der Waals surface area contributed by atoms with Crippen molar-refractivity contribution in [3.8, 4) is 0 Å². The number of anilines is 3. The molecular formula is C14H14N4O. The first kappa shape index (κ1) is 11.6. The van der Waals surface area contributed by atoms with Crippen LogP contribution in [0.25, 0.3) is 0 Å². The molecule has 0 atom stereocenters. The molecule has 2 heterocycles. The number of benzene rings is 1. The summed E-state index contributed by atoms with van der Waals surface area (Å²) in [7, 11) is 0. The van der Waals surface area contributed by atoms with Gasteiger partial charge in [0.25, 0.3) is 0 Å². The van der Waals surface area contributed by atoms with Gasteiger partial charge in [-0.25, -0.2) is 4.98 Å². The molecule has 0 fully saturated rings. The number of carbonyl (C=O) groups is 1. The molecule has 0 saturated carbocycles. The zero-order valence-electron chi connectivity index (χ0n) is 10.8. The molecule has 0 radical (unpaired) electrons. The van der Waals surface area contributed by atoms with Crippen molar-refractivity contribution in [2.45, 2.75) is 19.3 Å². The number of amides is 1. The fourth-order valence-corrected chi connectivity index (χ4v) is 2.03. The minimum atomic E-state index is -0.569. The topological polar surface area (TPSA) is 66.9 Å². The molecule has 5 nitrogen and oxygen atoms in total. The van der Waals surface area contributed by atoms with Crippen LogP contribution in [0, 0.1) is 0 Å². The highest BCUT2D eigenvalue weighted by Crippen LogP contribution is 2.35. The average molecular weight is 254 g/mol. The number of para-hydroxylation sites is 1. The van der Waals surface area contributed by atoms with Crippen molar-refractivity contribution in [3.05, 3.63) is 42.1 Å². The van der Waals surface area contributed by atoms with Crippen LogP contribution in [0.2, 0.25) is 0 Å². The van der Waals surface area contributed by atoms with Crippen molar-refractivity contribution < 1.29 is 4.79 Å². The van der Waals surface area contributed by atoms with Crippen molar-refractivity contribution in [2.24, 2.45) is 0 Å². The van der Waals surface area contributed by atoms with Gasteiger partial charge >= 0.3 is 0 Å². The zero-order chi connectivity index (χ0) is 13.5. The molecule has 0 unspecified atom stereocenters. The Morgan fingerprint density at radius 3 is 2.68 bits per heavy atom. The van der Waals surface area contributed by atoms with Gasteiger partial charge in [0.15, 0.2) is 0 Å². The van der Waals surface area contributed by atoms with Gasteiger partial charge < -0.3 is 10.6 Å². The maximum atomic E-state index is 11.8. The highest BCUT2D eigenvalue weighted by atomic mass is 16.2. The smallest absolute Gasteiger partial charge is 0.235 e. The predicted octanol–water partition coefficient (Wildman–Crippen LogP) is 2.45. The molecule has 5 heteroatoms. The number of nitrogens with zero attached hydrogens (tertiary/aromatic N) is 2. The average Bonchev–Trinajstić information content (AvgIpc) is 2.61. The summed E-state index contributed by atoms with van der Waals surface area (Å²) in [5.74, 6) is 1.01. The number of rotatable bonds is 2. The SMILES string of the molecule is CC1(C)C(=O)Nc2nc(Nc3ccccc3)ncc21. The highest BCUT2D eigenvalue weighted by Gasteiger charge is 2.39. The Morgan fingerprint density at radius 2 is 1.95 bits per heavy atom. The van der Waals surface area contributed by atoms with E-state index >= 15 is 0 Å². The Bertz CT molecular complexity index is 637. The summed E-state index contributed by atoms with van der Waals surface area (Å²) >= 11 is 0. The predicted molar refractivity (Wildman–Crippen MR) is 73.4 cm³/mol. The molecule has 0 spiro atoms. The normalized spacial score (nSPS) is 15.8. The van der Waals surface area contributed by atoms with Gasteiger partial charge in [0.1, 0.15) is 5.82 Å². The van der Waals surface area contributed by atoms with Crippen LogP contribution in [0.3, 0.4) is 0 Å². The number of hydrogen-bond donors (Lipinski definition) is 2. The van der Waals surface area contributed by atoms with Crippen LogP contribution in [0.4, 0.5) is 17.5 Å². The molecule has 1 aliphatic heterocycles. The van der Waals surface area contributed by atoms with E-state index in [1.807, 2.05) is 44.2 Å². The molecule has 1 amide bonds. The summed E-state index contributed by atoms with van der Waals surface area (Å²) < 4.78 is 0. The van der Waals surface area contributed by atoms with E-state index in [-0.39, 0.29) is 5.91 Å². The van der Waals surface area contributed by atoms with Crippen LogP contribution in [0.1, 0.15) is 19.4 Å². The Morgan fingerprint density at radius 1 is 1.21 bits per heavy atom. The van der Waals surface area contributed by atoms with Gasteiger partial charge in [0.05, 0.1) is 5.41 Å². The summed E-state index contributed by atoms with van der Waals surface area (Å²) in [6, 6.07) is 9.66. The summed E-state index contributed by atoms with van der Waals surface area (Å²) in [5, 5.41) is 5.89. The first-order chi connectivity index (χ1) is 9.07. The van der Waals surface area contributed by atoms with Crippen molar-refractivity contribution in [2.75, 3.05) is 10.6 Å². The van der Waals surface area contributed by atoms with E-state index in [2.05, 4.69) is 20.6 Å². The van der Waals surface area contributed by atoms with Crippen molar-refractivity contribution in [3.63, 3.8) is 0 Å². The first-order valence-electron chi connectivity index (χ1n) is 6.08. The largest absolute Gasteiger partial charge is 0.324 e. The molecular weight excluding hydrogens is 240 g/mol. The summed E-state index contributed by atoms with van der Waals surface area (Å²) in [5.41, 5.74) is 1.17. The fourth-order valence-electron chi connectivity index (χ4n) is 2.03. The van der Waals surface area contributed by atoms with Gasteiger partial charge in [0, 0.05) is 17.4 Å². The van der Waals surface area contributed by atoms with E-state index in [9.17, 15) is 4.79 Å². The maximum Gasteiger partial charge on any atom is 0.235 e. The number of aromatic nitrogens is 2. The number of nitrogens with one attached hydrogen (secondary N) is 2. The molecule has 0 saturated heterocycles. The third kappa shape index (κ3) is 1.93. The molecule has 3 rings (SSSR count). The van der Waals surface area contributed by atoms with Gasteiger partial charge in [-0.05, 0) is 26.0 Å². The molecule has 1 aromatic heterocycles. The van der Waals surface area contributed by atoms with Crippen molar-refractivity contribution in [1.29, 1.82) is 0 Å². The molecule has 19 heavy (non-hydrogen) atoms. The van der Waals surface area contributed by atoms with Crippen LogP contribution < -0.4 is 10.6 Å². The lowest BCUT2D eigenvalue weighted by molar-refractivity contribution is -0.119. The van der Waals surface area contributed by atoms with Crippen LogP contribution in [0.15, 0.2) is 36.5 Å². The standard InChI is InChI=1S/C14H14N4O/c1-14(2)10-8-15-13(18-11(10)17-12(14)19)16-9-6-4-3-5-7-9/h3-8H,1-2H3,(H2,15,16,17,18,19). The third-order valence-corrected chi connectivity index (χ3v) is 3.29. The van der Waals surface area contributed by atoms with Crippen LogP contribution in [-0.2, 0) is 10.2 Å². The van der Waals surface area contributed by atoms with Gasteiger partial charge in [-0.3, -0.25) is 4.79 Å². The second-order valence-corrected chi connectivity index (χ2v) is 5.03. The molecule has 1 aliphatic rings. The monoisotopic (exact) mass is 254 g/mol. The first-order valence-corrected chi connectivity index (χ1v) is 6.08. The lowest BCUT2D eigenvalue weighted by Gasteiger charge is -2.13. The second-order valence-electron chi connectivity index (χ2n) is 5.03. The van der Waals surface area contributed by atoms with Gasteiger partial charge in [-0.1, -0.05) is 18.2 Å². The Labute approximate surface area is 111 Å². The van der Waals surface area contributed by atoms with E-state index in [1.165, 1.54) is 0 Å². The summed E-state index contributed by atoms with van der Waals surface area (Å²) in [6.45, 7) is 3.73. The summed E-state index contributed by atoms with van der Waals surface area (Å²) in [6.07, 6.45) is 1.70. The number of fused-ring (bicyclic) bond motifs is 1. The Kier molecular flexibility index (Phi) is 2.48. The van der Waals surface area contributed by atoms with E-state index in [0.717, 1.165) is 11.3 Å². The minimum absolute atomic E-state index is 0.0475. The highest BCUT2D eigenvalue weighted by molar-refractivity contribution is 6.04. The van der Waals surface area contributed by atoms with E-state index < -0.39 is 5.41 Å². The quantitative estimate of drug-likeness (QED) is 0.863. The fraction of sp³-hybridized carbons (Fsp3) is 0.214. The molecule has 2 N–H and O–H groups in total. The Hall–Kier alpha value is -2.43. The van der Waals surface area contributed by atoms with Gasteiger partial charge in [-0.15, -0.1) is 0 Å². The van der Waals surface area contributed by atoms with Crippen LogP contribution >= 0.6 is 0 Å². The number of carbonyl (C=O) groups excluding carboxylic acids is 1. The molecule has 1 aromatic carbocycles. The minimum Gasteiger partial charge on any atom is -0.324 e. The van der Waals surface area contributed by atoms with Crippen molar-refractivity contribution in [1.82, 2.24) is 9.97 Å². The van der Waals surface area contributed by atoms with Crippen molar-refractivity contribution >= 4 is 23.4 Å². The number of hydrogen-bond acceptors (Lipinski definition) is 4. The van der Waals surface area contributed by atoms with Crippen LogP contribution in [-0.4, -0.2) is 15.9 Å². The maximum absolute atomic E-state index is 11.8. The second kappa shape index (κ2) is 4.05. The van der Waals surface area contributed by atoms with E-state index in [1.54, 1.807) is 6.20 Å². The molecule has 0 bridgehead atoms. The van der Waals surface area contributed by atoms with Gasteiger partial charge in [0.2, 0.25) is 11.9 Å². The van der Waals surface area contributed by atoms with E-state index in [0.29, 0.717) is 11.8 Å². The third-order valence-electron chi connectivity index (χ3n) is 3.29. The molecule has 2 aromatic rings. The molecule has 96 valence electrons. The zero-order valence-corrected chi connectivity index (χ0v) is 10.8. The van der Waals surface area contributed by atoms with Crippen LogP contribution in [0.5, 0.6) is 0 Å². The van der Waals surface area contributed by atoms with Gasteiger partial charge in [-0.2, -0.15) is 4.98 Å². The lowest BCUT2D eigenvalue weighted by Crippen LogP contribution is -2.26. The molecule has 0 aliphatic carbocycles. The van der Waals surface area contributed by atoms with E-state index in [4.69, 9.17) is 0 Å². The lowest BCUT2D eigenvalue weighted by atomic mass is 9.88. The Balaban J connectivity index is 1.92. The summed E-state index contributed by atoms with van der Waals surface area (Å²) in [4.78, 5) is 20.4.